The average Bonchev–Trinajstić information content (AvgIpc) is 2.40. The molecule has 5 nitrogen and oxygen atoms in total. The van der Waals surface area contributed by atoms with Gasteiger partial charge in [-0.05, 0) is 38.5 Å². The fourth-order valence-corrected chi connectivity index (χ4v) is 2.14. The third kappa shape index (κ3) is 2.39. The lowest BCUT2D eigenvalue weighted by atomic mass is 10.0. The van der Waals surface area contributed by atoms with Crippen LogP contribution in [0.5, 0.6) is 5.75 Å². The number of ether oxygens (including phenoxy) is 1. The molecule has 2 rings (SSSR count). The van der Waals surface area contributed by atoms with E-state index >= 15 is 0 Å². The van der Waals surface area contributed by atoms with Crippen molar-refractivity contribution in [2.75, 3.05) is 6.61 Å². The number of phenolic OH excluding ortho intramolecular Hbond substituents is 1. The summed E-state index contributed by atoms with van der Waals surface area (Å²) in [5.74, 6) is -0.393. The lowest BCUT2D eigenvalue weighted by molar-refractivity contribution is -0.142. The number of benzene rings is 1. The van der Waals surface area contributed by atoms with Crippen molar-refractivity contribution in [1.82, 2.24) is 0 Å². The van der Waals surface area contributed by atoms with Gasteiger partial charge in [-0.3, -0.25) is 4.79 Å². The van der Waals surface area contributed by atoms with E-state index in [0.29, 0.717) is 27.7 Å². The third-order valence-corrected chi connectivity index (χ3v) is 3.30. The Labute approximate surface area is 115 Å². The first-order valence-electron chi connectivity index (χ1n) is 6.36. The summed E-state index contributed by atoms with van der Waals surface area (Å²) in [6.07, 6.45) is -0.113. The Morgan fingerprint density at radius 1 is 1.30 bits per heavy atom. The number of aromatic hydroxyl groups is 1. The fraction of sp³-hybridized carbons (Fsp3) is 0.333. The number of hydrogen-bond acceptors (Lipinski definition) is 5. The topological polar surface area (TPSA) is 76.7 Å². The highest BCUT2D eigenvalue weighted by atomic mass is 16.5. The first-order valence-corrected chi connectivity index (χ1v) is 6.36. The predicted octanol–water partition coefficient (Wildman–Crippen LogP) is 2.22. The molecule has 0 spiro atoms. The van der Waals surface area contributed by atoms with Crippen LogP contribution < -0.4 is 5.63 Å². The molecular formula is C15H16O5. The van der Waals surface area contributed by atoms with Gasteiger partial charge in [0.1, 0.15) is 11.3 Å². The van der Waals surface area contributed by atoms with Gasteiger partial charge in [0, 0.05) is 10.9 Å². The van der Waals surface area contributed by atoms with Gasteiger partial charge in [0.2, 0.25) is 0 Å². The summed E-state index contributed by atoms with van der Waals surface area (Å²) >= 11 is 0. The van der Waals surface area contributed by atoms with Crippen LogP contribution in [0.3, 0.4) is 0 Å². The van der Waals surface area contributed by atoms with E-state index in [-0.39, 0.29) is 18.8 Å². The molecule has 1 aromatic heterocycles. The second-order valence-electron chi connectivity index (χ2n) is 4.56. The van der Waals surface area contributed by atoms with Crippen molar-refractivity contribution >= 4 is 16.9 Å². The van der Waals surface area contributed by atoms with E-state index in [1.807, 2.05) is 0 Å². The van der Waals surface area contributed by atoms with Gasteiger partial charge in [-0.25, -0.2) is 4.79 Å². The molecule has 0 unspecified atom stereocenters. The largest absolute Gasteiger partial charge is 0.508 e. The highest BCUT2D eigenvalue weighted by Crippen LogP contribution is 2.28. The quantitative estimate of drug-likeness (QED) is 0.687. The maximum absolute atomic E-state index is 12.0. The van der Waals surface area contributed by atoms with Crippen molar-refractivity contribution in [2.24, 2.45) is 0 Å². The summed E-state index contributed by atoms with van der Waals surface area (Å²) in [5, 5.41) is 10.4. The smallest absolute Gasteiger partial charge is 0.340 e. The standard InChI is InChI=1S/C15H16O5/c1-4-19-13(17)7-11-8(2)10-5-6-12(16)9(3)14(10)20-15(11)18/h5-6,16H,4,7H2,1-3H3. The van der Waals surface area contributed by atoms with E-state index in [9.17, 15) is 14.7 Å². The van der Waals surface area contributed by atoms with Crippen LogP contribution in [0.25, 0.3) is 11.0 Å². The van der Waals surface area contributed by atoms with E-state index in [4.69, 9.17) is 9.15 Å². The molecule has 0 atom stereocenters. The number of aryl methyl sites for hydroxylation is 2. The predicted molar refractivity (Wildman–Crippen MR) is 74.0 cm³/mol. The Bertz CT molecular complexity index is 727. The molecule has 0 saturated heterocycles. The van der Waals surface area contributed by atoms with Gasteiger partial charge in [-0.2, -0.15) is 0 Å². The van der Waals surface area contributed by atoms with E-state index in [1.54, 1.807) is 32.9 Å². The van der Waals surface area contributed by atoms with Crippen molar-refractivity contribution in [3.8, 4) is 5.75 Å². The Hall–Kier alpha value is -2.30. The van der Waals surface area contributed by atoms with Gasteiger partial charge >= 0.3 is 11.6 Å². The van der Waals surface area contributed by atoms with Crippen LogP contribution >= 0.6 is 0 Å². The molecule has 1 aromatic carbocycles. The van der Waals surface area contributed by atoms with Gasteiger partial charge in [-0.1, -0.05) is 0 Å². The minimum absolute atomic E-state index is 0.0678. The summed E-state index contributed by atoms with van der Waals surface area (Å²) in [6.45, 7) is 5.40. The van der Waals surface area contributed by atoms with E-state index in [2.05, 4.69) is 0 Å². The molecule has 0 aliphatic heterocycles. The van der Waals surface area contributed by atoms with Gasteiger partial charge in [0.15, 0.2) is 0 Å². The Balaban J connectivity index is 2.61. The zero-order valence-electron chi connectivity index (χ0n) is 11.6. The molecule has 20 heavy (non-hydrogen) atoms. The highest BCUT2D eigenvalue weighted by Gasteiger charge is 2.17. The van der Waals surface area contributed by atoms with E-state index in [0.717, 1.165) is 0 Å². The first-order chi connectivity index (χ1) is 9.45. The molecule has 1 N–H and O–H groups in total. The number of phenols is 1. The lowest BCUT2D eigenvalue weighted by Gasteiger charge is -2.09. The maximum atomic E-state index is 12.0. The number of carbonyl (C=O) groups is 1. The SMILES string of the molecule is CCOC(=O)Cc1c(C)c2ccc(O)c(C)c2oc1=O. The molecule has 0 radical (unpaired) electrons. The van der Waals surface area contributed by atoms with E-state index < -0.39 is 11.6 Å². The Morgan fingerprint density at radius 2 is 2.00 bits per heavy atom. The molecule has 0 fully saturated rings. The van der Waals surface area contributed by atoms with Crippen LogP contribution in [0.1, 0.15) is 23.6 Å². The molecular weight excluding hydrogens is 260 g/mol. The summed E-state index contributed by atoms with van der Waals surface area (Å²) < 4.78 is 10.1. The third-order valence-electron chi connectivity index (χ3n) is 3.30. The van der Waals surface area contributed by atoms with Crippen LogP contribution in [0.2, 0.25) is 0 Å². The molecule has 5 heteroatoms. The van der Waals surface area contributed by atoms with Crippen LogP contribution in [0, 0.1) is 13.8 Å². The van der Waals surface area contributed by atoms with Gasteiger partial charge in [-0.15, -0.1) is 0 Å². The number of fused-ring (bicyclic) bond motifs is 1. The number of carbonyl (C=O) groups excluding carboxylic acids is 1. The minimum atomic E-state index is -0.572. The normalized spacial score (nSPS) is 10.8. The number of rotatable bonds is 3. The maximum Gasteiger partial charge on any atom is 0.340 e. The second-order valence-corrected chi connectivity index (χ2v) is 4.56. The Kier molecular flexibility index (Phi) is 3.79. The van der Waals surface area contributed by atoms with Crippen molar-refractivity contribution in [1.29, 1.82) is 0 Å². The summed E-state index contributed by atoms with van der Waals surface area (Å²) in [4.78, 5) is 23.5. The van der Waals surface area contributed by atoms with Gasteiger partial charge in [0.25, 0.3) is 0 Å². The molecule has 0 aliphatic rings. The zero-order valence-corrected chi connectivity index (χ0v) is 11.6. The summed E-state index contributed by atoms with van der Waals surface area (Å²) in [6, 6.07) is 3.21. The van der Waals surface area contributed by atoms with Crippen LogP contribution in [0.4, 0.5) is 0 Å². The Morgan fingerprint density at radius 3 is 2.65 bits per heavy atom. The van der Waals surface area contributed by atoms with Crippen molar-refractivity contribution < 1.29 is 19.1 Å². The number of esters is 1. The van der Waals surface area contributed by atoms with Crippen LogP contribution in [-0.4, -0.2) is 17.7 Å². The minimum Gasteiger partial charge on any atom is -0.508 e. The molecule has 106 valence electrons. The lowest BCUT2D eigenvalue weighted by Crippen LogP contribution is -2.17. The summed E-state index contributed by atoms with van der Waals surface area (Å²) in [5.41, 5.74) is 1.25. The zero-order chi connectivity index (χ0) is 14.9. The fourth-order valence-electron chi connectivity index (χ4n) is 2.14. The molecule has 1 heterocycles. The van der Waals surface area contributed by atoms with Crippen LogP contribution in [0.15, 0.2) is 21.3 Å². The number of hydrogen-bond donors (Lipinski definition) is 1. The van der Waals surface area contributed by atoms with Gasteiger partial charge < -0.3 is 14.3 Å². The average molecular weight is 276 g/mol. The van der Waals surface area contributed by atoms with Crippen LogP contribution in [-0.2, 0) is 16.0 Å². The van der Waals surface area contributed by atoms with Crippen molar-refractivity contribution in [3.05, 3.63) is 39.2 Å². The molecule has 2 aromatic rings. The molecule has 0 bridgehead atoms. The highest BCUT2D eigenvalue weighted by molar-refractivity contribution is 5.86. The first kappa shape index (κ1) is 14.1. The summed E-state index contributed by atoms with van der Waals surface area (Å²) in [7, 11) is 0. The van der Waals surface area contributed by atoms with Crippen molar-refractivity contribution in [2.45, 2.75) is 27.2 Å². The second kappa shape index (κ2) is 5.36. The molecule has 0 amide bonds. The van der Waals surface area contributed by atoms with Gasteiger partial charge in [0.05, 0.1) is 18.6 Å². The van der Waals surface area contributed by atoms with E-state index in [1.165, 1.54) is 0 Å². The monoisotopic (exact) mass is 276 g/mol. The van der Waals surface area contributed by atoms with Crippen molar-refractivity contribution in [3.63, 3.8) is 0 Å². The molecule has 0 saturated carbocycles. The molecule has 0 aliphatic carbocycles.